The number of rotatable bonds is 4. The smallest absolute Gasteiger partial charge is 0.0513 e. The van der Waals surface area contributed by atoms with Crippen LogP contribution in [0.4, 0.5) is 0 Å². The third-order valence-corrected chi connectivity index (χ3v) is 4.49. The van der Waals surface area contributed by atoms with Gasteiger partial charge >= 0.3 is 0 Å². The van der Waals surface area contributed by atoms with E-state index in [0.29, 0.717) is 5.92 Å². The van der Waals surface area contributed by atoms with Crippen molar-refractivity contribution in [2.75, 3.05) is 13.2 Å². The first-order valence-electron chi connectivity index (χ1n) is 7.02. The summed E-state index contributed by atoms with van der Waals surface area (Å²) in [5.41, 5.74) is 5.73. The van der Waals surface area contributed by atoms with Gasteiger partial charge < -0.3 is 4.74 Å². The summed E-state index contributed by atoms with van der Waals surface area (Å²) in [6.45, 7) is 1.68. The highest BCUT2D eigenvalue weighted by Crippen LogP contribution is 2.37. The van der Waals surface area contributed by atoms with E-state index < -0.39 is 0 Å². The number of ether oxygens (including phenoxy) is 1. The molecule has 2 unspecified atom stereocenters. The topological polar surface area (TPSA) is 47.3 Å². The van der Waals surface area contributed by atoms with Crippen LogP contribution in [0.1, 0.15) is 48.8 Å². The first kappa shape index (κ1) is 12.2. The van der Waals surface area contributed by atoms with Gasteiger partial charge in [-0.05, 0) is 36.3 Å². The lowest BCUT2D eigenvalue weighted by atomic mass is 9.79. The predicted octanol–water partition coefficient (Wildman–Crippen LogP) is 2.50. The molecule has 98 valence electrons. The fraction of sp³-hybridized carbons (Fsp3) is 0.600. The van der Waals surface area contributed by atoms with E-state index in [1.807, 2.05) is 0 Å². The van der Waals surface area contributed by atoms with Crippen LogP contribution in [0.25, 0.3) is 0 Å². The summed E-state index contributed by atoms with van der Waals surface area (Å²) < 4.78 is 5.45. The van der Waals surface area contributed by atoms with Gasteiger partial charge in [0, 0.05) is 12.5 Å². The number of hydrogen-bond donors (Lipinski definition) is 2. The molecular formula is C15H22N2O. The van der Waals surface area contributed by atoms with E-state index in [-0.39, 0.29) is 6.04 Å². The molecule has 2 fully saturated rings. The largest absolute Gasteiger partial charge is 0.381 e. The molecule has 0 radical (unpaired) electrons. The maximum atomic E-state index is 5.71. The summed E-state index contributed by atoms with van der Waals surface area (Å²) >= 11 is 0. The minimum atomic E-state index is 0.225. The third-order valence-electron chi connectivity index (χ3n) is 4.49. The van der Waals surface area contributed by atoms with E-state index in [4.69, 9.17) is 10.6 Å². The Morgan fingerprint density at radius 1 is 1.17 bits per heavy atom. The summed E-state index contributed by atoms with van der Waals surface area (Å²) in [6, 6.07) is 9.24. The fourth-order valence-electron chi connectivity index (χ4n) is 3.04. The number of hydrogen-bond acceptors (Lipinski definition) is 3. The maximum Gasteiger partial charge on any atom is 0.0513 e. The van der Waals surface area contributed by atoms with Crippen molar-refractivity contribution in [2.45, 2.75) is 37.6 Å². The van der Waals surface area contributed by atoms with Gasteiger partial charge in [0.15, 0.2) is 0 Å². The van der Waals surface area contributed by atoms with Crippen molar-refractivity contribution in [1.29, 1.82) is 0 Å². The summed E-state index contributed by atoms with van der Waals surface area (Å²) in [5.74, 6) is 7.02. The molecule has 3 heteroatoms. The molecule has 0 spiro atoms. The van der Waals surface area contributed by atoms with Gasteiger partial charge in [0.05, 0.1) is 12.6 Å². The lowest BCUT2D eigenvalue weighted by Gasteiger charge is -2.27. The van der Waals surface area contributed by atoms with Crippen LogP contribution >= 0.6 is 0 Å². The molecule has 3 rings (SSSR count). The molecule has 2 aliphatic rings. The Labute approximate surface area is 109 Å². The molecule has 0 aromatic heterocycles. The molecule has 1 saturated heterocycles. The normalized spacial score (nSPS) is 25.9. The molecule has 1 aliphatic heterocycles. The molecule has 1 aromatic carbocycles. The molecular weight excluding hydrogens is 224 g/mol. The summed E-state index contributed by atoms with van der Waals surface area (Å²) in [7, 11) is 0. The van der Waals surface area contributed by atoms with Gasteiger partial charge in [0.2, 0.25) is 0 Å². The zero-order valence-corrected chi connectivity index (χ0v) is 10.8. The molecule has 3 nitrogen and oxygen atoms in total. The van der Waals surface area contributed by atoms with Crippen molar-refractivity contribution >= 4 is 0 Å². The van der Waals surface area contributed by atoms with Gasteiger partial charge in [0.25, 0.3) is 0 Å². The highest BCUT2D eigenvalue weighted by atomic mass is 16.5. The average molecular weight is 246 g/mol. The van der Waals surface area contributed by atoms with E-state index in [9.17, 15) is 0 Å². The Morgan fingerprint density at radius 2 is 1.94 bits per heavy atom. The molecule has 1 aromatic rings. The first-order valence-corrected chi connectivity index (χ1v) is 7.02. The van der Waals surface area contributed by atoms with Crippen molar-refractivity contribution in [3.8, 4) is 0 Å². The summed E-state index contributed by atoms with van der Waals surface area (Å²) in [5, 5.41) is 0. The van der Waals surface area contributed by atoms with Crippen molar-refractivity contribution in [1.82, 2.24) is 5.43 Å². The SMILES string of the molecule is NNC(c1ccc(C2CCC2)cc1)C1CCOC1. The lowest BCUT2D eigenvalue weighted by Crippen LogP contribution is -2.33. The lowest BCUT2D eigenvalue weighted by molar-refractivity contribution is 0.177. The summed E-state index contributed by atoms with van der Waals surface area (Å²) in [4.78, 5) is 0. The van der Waals surface area contributed by atoms with E-state index in [0.717, 1.165) is 25.6 Å². The van der Waals surface area contributed by atoms with E-state index in [2.05, 4.69) is 29.7 Å². The molecule has 3 N–H and O–H groups in total. The highest BCUT2D eigenvalue weighted by molar-refractivity contribution is 5.28. The Hall–Kier alpha value is -0.900. The van der Waals surface area contributed by atoms with Gasteiger partial charge in [0.1, 0.15) is 0 Å². The standard InChI is InChI=1S/C15H22N2O/c16-17-15(14-8-9-18-10-14)13-6-4-12(5-7-13)11-2-1-3-11/h4-7,11,14-15,17H,1-3,8-10,16H2. The van der Waals surface area contributed by atoms with Crippen LogP contribution < -0.4 is 11.3 Å². The number of nitrogens with two attached hydrogens (primary N) is 1. The second-order valence-corrected chi connectivity index (χ2v) is 5.56. The van der Waals surface area contributed by atoms with Crippen LogP contribution in [0.5, 0.6) is 0 Å². The Balaban J connectivity index is 1.73. The zero-order chi connectivity index (χ0) is 12.4. The molecule has 1 heterocycles. The first-order chi connectivity index (χ1) is 8.88. The maximum absolute atomic E-state index is 5.71. The van der Waals surface area contributed by atoms with Gasteiger partial charge in [-0.1, -0.05) is 30.7 Å². The minimum Gasteiger partial charge on any atom is -0.381 e. The minimum absolute atomic E-state index is 0.225. The highest BCUT2D eigenvalue weighted by Gasteiger charge is 2.26. The third kappa shape index (κ3) is 2.30. The number of benzene rings is 1. The van der Waals surface area contributed by atoms with Crippen LogP contribution in [0.15, 0.2) is 24.3 Å². The second-order valence-electron chi connectivity index (χ2n) is 5.56. The van der Waals surface area contributed by atoms with Crippen molar-refractivity contribution < 1.29 is 4.74 Å². The van der Waals surface area contributed by atoms with Gasteiger partial charge in [-0.25, -0.2) is 0 Å². The van der Waals surface area contributed by atoms with Crippen LogP contribution in [-0.4, -0.2) is 13.2 Å². The average Bonchev–Trinajstić information content (AvgIpc) is 2.84. The Bertz CT molecular complexity index is 380. The Morgan fingerprint density at radius 3 is 2.44 bits per heavy atom. The predicted molar refractivity (Wildman–Crippen MR) is 72.0 cm³/mol. The van der Waals surface area contributed by atoms with Crippen LogP contribution in [0.2, 0.25) is 0 Å². The fourth-order valence-corrected chi connectivity index (χ4v) is 3.04. The van der Waals surface area contributed by atoms with Crippen molar-refractivity contribution in [2.24, 2.45) is 11.8 Å². The van der Waals surface area contributed by atoms with Gasteiger partial charge in [-0.15, -0.1) is 0 Å². The van der Waals surface area contributed by atoms with Crippen LogP contribution in [-0.2, 0) is 4.74 Å². The van der Waals surface area contributed by atoms with Crippen LogP contribution in [0.3, 0.4) is 0 Å². The van der Waals surface area contributed by atoms with Crippen LogP contribution in [0, 0.1) is 5.92 Å². The molecule has 0 amide bonds. The van der Waals surface area contributed by atoms with Crippen molar-refractivity contribution in [3.63, 3.8) is 0 Å². The number of nitrogens with one attached hydrogen (secondary N) is 1. The van der Waals surface area contributed by atoms with Gasteiger partial charge in [-0.3, -0.25) is 11.3 Å². The Kier molecular flexibility index (Phi) is 3.64. The van der Waals surface area contributed by atoms with E-state index in [1.54, 1.807) is 0 Å². The second kappa shape index (κ2) is 5.39. The zero-order valence-electron chi connectivity index (χ0n) is 10.8. The van der Waals surface area contributed by atoms with Crippen molar-refractivity contribution in [3.05, 3.63) is 35.4 Å². The quantitative estimate of drug-likeness (QED) is 0.634. The van der Waals surface area contributed by atoms with E-state index in [1.165, 1.54) is 30.4 Å². The van der Waals surface area contributed by atoms with E-state index >= 15 is 0 Å². The van der Waals surface area contributed by atoms with Gasteiger partial charge in [-0.2, -0.15) is 0 Å². The molecule has 1 saturated carbocycles. The monoisotopic (exact) mass is 246 g/mol. The molecule has 1 aliphatic carbocycles. The molecule has 2 atom stereocenters. The summed E-state index contributed by atoms with van der Waals surface area (Å²) in [6.07, 6.45) is 5.20. The molecule has 0 bridgehead atoms. The molecule has 18 heavy (non-hydrogen) atoms. The number of hydrazine groups is 1.